The smallest absolute Gasteiger partial charge is 0.288 e. The largest absolute Gasteiger partial charge is 0.502 e. The molecule has 0 unspecified atom stereocenters. The molecule has 30 heavy (non-hydrogen) atoms. The van der Waals surface area contributed by atoms with Gasteiger partial charge < -0.3 is 15.3 Å². The Kier molecular flexibility index (Phi) is 6.75. The van der Waals surface area contributed by atoms with Gasteiger partial charge in [0.15, 0.2) is 17.4 Å². The van der Waals surface area contributed by atoms with Crippen molar-refractivity contribution < 1.29 is 9.67 Å². The van der Waals surface area contributed by atoms with Crippen molar-refractivity contribution in [2.24, 2.45) is 0 Å². The number of pyridine rings is 1. The van der Waals surface area contributed by atoms with Crippen molar-refractivity contribution in [3.05, 3.63) is 88.7 Å². The number of benzene rings is 2. The van der Waals surface area contributed by atoms with E-state index in [1.807, 2.05) is 73.9 Å². The summed E-state index contributed by atoms with van der Waals surface area (Å²) in [6.45, 7) is 4.12. The predicted molar refractivity (Wildman–Crippen MR) is 130 cm³/mol. The van der Waals surface area contributed by atoms with Gasteiger partial charge in [0.1, 0.15) is 0 Å². The summed E-state index contributed by atoms with van der Waals surface area (Å²) in [6.07, 6.45) is 3.73. The summed E-state index contributed by atoms with van der Waals surface area (Å²) in [4.78, 5) is 2.39. The van der Waals surface area contributed by atoms with E-state index in [2.05, 4.69) is 19.2 Å². The van der Waals surface area contributed by atoms with E-state index >= 15 is 0 Å². The summed E-state index contributed by atoms with van der Waals surface area (Å²) in [7, 11) is 3.95. The molecule has 0 aliphatic carbocycles. The highest BCUT2D eigenvalue weighted by Crippen LogP contribution is 2.26. The first-order valence-electron chi connectivity index (χ1n) is 9.53. The number of hydrogen-bond donors (Lipinski definition) is 2. The van der Waals surface area contributed by atoms with Crippen molar-refractivity contribution in [3.8, 4) is 0 Å². The van der Waals surface area contributed by atoms with E-state index in [1.165, 1.54) is 5.56 Å². The molecule has 0 amide bonds. The van der Waals surface area contributed by atoms with Gasteiger partial charge >= 0.3 is 0 Å². The molecule has 4 nitrogen and oxygen atoms in total. The maximum Gasteiger partial charge on any atom is 0.288 e. The molecule has 0 aliphatic heterocycles. The van der Waals surface area contributed by atoms with Gasteiger partial charge in [-0.3, -0.25) is 0 Å². The van der Waals surface area contributed by atoms with Crippen molar-refractivity contribution in [1.29, 1.82) is 0 Å². The first-order valence-corrected chi connectivity index (χ1v) is 10.3. The van der Waals surface area contributed by atoms with E-state index in [1.54, 1.807) is 16.7 Å². The molecule has 2 N–H and O–H groups in total. The number of nitrogens with zero attached hydrogens (tertiary/aromatic N) is 2. The highest BCUT2D eigenvalue weighted by molar-refractivity contribution is 7.81. The van der Waals surface area contributed by atoms with Crippen LogP contribution in [0.4, 0.5) is 11.4 Å². The third-order valence-corrected chi connectivity index (χ3v) is 5.54. The third kappa shape index (κ3) is 4.81. The van der Waals surface area contributed by atoms with E-state index < -0.39 is 0 Å². The van der Waals surface area contributed by atoms with Gasteiger partial charge in [-0.25, -0.2) is 0 Å². The standard InChI is InChI=1S/C24H24ClN3OS/c1-16-9-10-18(15-17(16)2)26-24(30)22(23(29)20-7-5-6-8-21(20)25)28-13-11-19(12-14-28)27(3)4/h5-15H,1-4H3,(H-,26,29,30)/p+1. The molecule has 3 rings (SSSR count). The van der Waals surface area contributed by atoms with Crippen LogP contribution in [-0.4, -0.2) is 24.2 Å². The van der Waals surface area contributed by atoms with Crippen LogP contribution in [0.3, 0.4) is 0 Å². The summed E-state index contributed by atoms with van der Waals surface area (Å²) in [5.41, 5.74) is 5.22. The Labute approximate surface area is 188 Å². The van der Waals surface area contributed by atoms with Gasteiger partial charge in [0, 0.05) is 43.2 Å². The van der Waals surface area contributed by atoms with Gasteiger partial charge in [-0.1, -0.05) is 42.0 Å². The van der Waals surface area contributed by atoms with Gasteiger partial charge in [-0.05, 0) is 49.2 Å². The monoisotopic (exact) mass is 438 g/mol. The molecule has 0 aliphatic rings. The van der Waals surface area contributed by atoms with Crippen LogP contribution in [0.1, 0.15) is 16.7 Å². The number of aryl methyl sites for hydroxylation is 2. The number of aliphatic hydroxyl groups excluding tert-OH is 1. The lowest BCUT2D eigenvalue weighted by atomic mass is 10.1. The van der Waals surface area contributed by atoms with Crippen molar-refractivity contribution in [1.82, 2.24) is 0 Å². The van der Waals surface area contributed by atoms with Crippen LogP contribution >= 0.6 is 23.8 Å². The number of hydrogen-bond acceptors (Lipinski definition) is 3. The average molecular weight is 439 g/mol. The summed E-state index contributed by atoms with van der Waals surface area (Å²) in [5.74, 6) is 0.00420. The molecule has 0 atom stereocenters. The second kappa shape index (κ2) is 9.28. The summed E-state index contributed by atoms with van der Waals surface area (Å²) >= 11 is 12.1. The minimum atomic E-state index is 0.00420. The van der Waals surface area contributed by atoms with Crippen molar-refractivity contribution in [2.45, 2.75) is 13.8 Å². The number of thiocarbonyl (C=S) groups is 1. The Hall–Kier alpha value is -2.89. The normalized spacial score (nSPS) is 11.6. The van der Waals surface area contributed by atoms with Gasteiger partial charge in [0.05, 0.1) is 5.02 Å². The molecule has 154 valence electrons. The fraction of sp³-hybridized carbons (Fsp3) is 0.167. The van der Waals surface area contributed by atoms with Crippen molar-refractivity contribution >= 4 is 51.6 Å². The molecule has 6 heteroatoms. The SMILES string of the molecule is Cc1ccc(NC(=S)/C(=C(\O)c2ccccc2Cl)[n+]2ccc(N(C)C)cc2)cc1C. The molecule has 3 aromatic rings. The lowest BCUT2D eigenvalue weighted by Crippen LogP contribution is -2.38. The molecule has 0 bridgehead atoms. The Morgan fingerprint density at radius 2 is 1.67 bits per heavy atom. The Bertz CT molecular complexity index is 1110. The zero-order valence-corrected chi connectivity index (χ0v) is 19.1. The lowest BCUT2D eigenvalue weighted by molar-refractivity contribution is -0.575. The molecule has 1 aromatic heterocycles. The summed E-state index contributed by atoms with van der Waals surface area (Å²) < 4.78 is 1.79. The molecule has 0 saturated heterocycles. The fourth-order valence-corrected chi connectivity index (χ4v) is 3.55. The molecule has 1 heterocycles. The quantitative estimate of drug-likeness (QED) is 0.234. The Morgan fingerprint density at radius 3 is 2.27 bits per heavy atom. The number of anilines is 2. The third-order valence-electron chi connectivity index (χ3n) is 4.92. The van der Waals surface area contributed by atoms with Crippen LogP contribution in [0.25, 0.3) is 11.5 Å². The summed E-state index contributed by atoms with van der Waals surface area (Å²) in [6, 6.07) is 17.1. The zero-order chi connectivity index (χ0) is 21.8. The molecule has 0 fully saturated rings. The summed E-state index contributed by atoms with van der Waals surface area (Å²) in [5, 5.41) is 14.9. The first kappa shape index (κ1) is 21.8. The highest BCUT2D eigenvalue weighted by atomic mass is 35.5. The van der Waals surface area contributed by atoms with Crippen molar-refractivity contribution in [3.63, 3.8) is 0 Å². The molecule has 0 radical (unpaired) electrons. The van der Waals surface area contributed by atoms with Gasteiger partial charge in [-0.15, -0.1) is 0 Å². The van der Waals surface area contributed by atoms with Crippen LogP contribution in [0, 0.1) is 13.8 Å². The van der Waals surface area contributed by atoms with Crippen LogP contribution in [0.2, 0.25) is 5.02 Å². The average Bonchev–Trinajstić information content (AvgIpc) is 2.71. The maximum atomic E-state index is 11.2. The minimum Gasteiger partial charge on any atom is -0.502 e. The number of aliphatic hydroxyl groups is 1. The zero-order valence-electron chi connectivity index (χ0n) is 17.5. The Balaban J connectivity index is 2.09. The van der Waals surface area contributed by atoms with Crippen LogP contribution < -0.4 is 14.8 Å². The number of halogens is 1. The van der Waals surface area contributed by atoms with Gasteiger partial charge in [0.25, 0.3) is 5.70 Å². The fourth-order valence-electron chi connectivity index (χ4n) is 3.00. The lowest BCUT2D eigenvalue weighted by Gasteiger charge is -2.13. The van der Waals surface area contributed by atoms with E-state index in [4.69, 9.17) is 23.8 Å². The molecule has 2 aromatic carbocycles. The minimum absolute atomic E-state index is 0.00420. The number of rotatable bonds is 5. The first-order chi connectivity index (χ1) is 14.3. The molecular formula is C24H25ClN3OS+. The topological polar surface area (TPSA) is 39.4 Å². The number of aromatic nitrogens is 1. The van der Waals surface area contributed by atoms with Crippen LogP contribution in [0.5, 0.6) is 0 Å². The Morgan fingerprint density at radius 1 is 1.00 bits per heavy atom. The van der Waals surface area contributed by atoms with Crippen LogP contribution in [-0.2, 0) is 0 Å². The second-order valence-corrected chi connectivity index (χ2v) is 8.10. The highest BCUT2D eigenvalue weighted by Gasteiger charge is 2.25. The number of nitrogens with one attached hydrogen (secondary N) is 1. The second-order valence-electron chi connectivity index (χ2n) is 7.29. The van der Waals surface area contributed by atoms with E-state index in [9.17, 15) is 5.11 Å². The van der Waals surface area contributed by atoms with Crippen molar-refractivity contribution in [2.75, 3.05) is 24.3 Å². The predicted octanol–water partition coefficient (Wildman–Crippen LogP) is 5.63. The van der Waals surface area contributed by atoms with Gasteiger partial charge in [-0.2, -0.15) is 4.57 Å². The molecular weight excluding hydrogens is 414 g/mol. The van der Waals surface area contributed by atoms with E-state index in [0.717, 1.165) is 16.9 Å². The van der Waals surface area contributed by atoms with E-state index in [0.29, 0.717) is 21.3 Å². The van der Waals surface area contributed by atoms with Gasteiger partial charge in [0.2, 0.25) is 5.76 Å². The van der Waals surface area contributed by atoms with Crippen LogP contribution in [0.15, 0.2) is 67.0 Å². The molecule has 0 spiro atoms. The maximum absolute atomic E-state index is 11.2. The molecule has 0 saturated carbocycles. The van der Waals surface area contributed by atoms with E-state index in [-0.39, 0.29) is 5.76 Å².